The number of rotatable bonds is 6. The van der Waals surface area contributed by atoms with Gasteiger partial charge < -0.3 is 15.5 Å². The summed E-state index contributed by atoms with van der Waals surface area (Å²) in [5, 5.41) is 6.05. The predicted molar refractivity (Wildman–Crippen MR) is 109 cm³/mol. The molecule has 0 radical (unpaired) electrons. The minimum absolute atomic E-state index is 0.271. The average Bonchev–Trinajstić information content (AvgIpc) is 2.68. The smallest absolute Gasteiger partial charge is 0.275 e. The first-order valence-corrected chi connectivity index (χ1v) is 8.72. The van der Waals surface area contributed by atoms with Crippen LogP contribution in [-0.2, 0) is 6.54 Å². The quantitative estimate of drug-likeness (QED) is 0.700. The Kier molecular flexibility index (Phi) is 5.66. The van der Waals surface area contributed by atoms with E-state index in [4.69, 9.17) is 0 Å². The van der Waals surface area contributed by atoms with Gasteiger partial charge in [0.1, 0.15) is 11.5 Å². The number of nitrogens with zero attached hydrogens (tertiary/aromatic N) is 3. The molecule has 0 aliphatic carbocycles. The van der Waals surface area contributed by atoms with Crippen molar-refractivity contribution in [3.63, 3.8) is 0 Å². The molecule has 0 unspecified atom stereocenters. The van der Waals surface area contributed by atoms with Gasteiger partial charge in [0.25, 0.3) is 5.91 Å². The summed E-state index contributed by atoms with van der Waals surface area (Å²) in [6, 6.07) is 15.8. The number of anilines is 3. The number of hydrogen-bond donors (Lipinski definition) is 2. The normalized spacial score (nSPS) is 10.3. The third kappa shape index (κ3) is 4.82. The molecule has 138 valence electrons. The van der Waals surface area contributed by atoms with Gasteiger partial charge >= 0.3 is 0 Å². The molecule has 1 aromatic heterocycles. The number of nitrogens with one attached hydrogen (secondary N) is 2. The zero-order chi connectivity index (χ0) is 19.2. The fourth-order valence-electron chi connectivity index (χ4n) is 2.57. The van der Waals surface area contributed by atoms with E-state index in [0.717, 1.165) is 5.69 Å². The molecule has 3 rings (SSSR count). The number of carbonyl (C=O) groups is 1. The van der Waals surface area contributed by atoms with Gasteiger partial charge in [-0.2, -0.15) is 0 Å². The van der Waals surface area contributed by atoms with E-state index in [2.05, 4.69) is 39.7 Å². The fourth-order valence-corrected chi connectivity index (χ4v) is 2.57. The molecular weight excluding hydrogens is 338 g/mol. The van der Waals surface area contributed by atoms with E-state index < -0.39 is 0 Å². The van der Waals surface area contributed by atoms with Crippen molar-refractivity contribution in [2.75, 3.05) is 29.6 Å². The average molecular weight is 361 g/mol. The van der Waals surface area contributed by atoms with Gasteiger partial charge in [-0.25, -0.2) is 9.97 Å². The van der Waals surface area contributed by atoms with Gasteiger partial charge in [-0.3, -0.25) is 4.79 Å². The molecule has 1 amide bonds. The summed E-state index contributed by atoms with van der Waals surface area (Å²) in [4.78, 5) is 22.8. The summed E-state index contributed by atoms with van der Waals surface area (Å²) < 4.78 is 0. The molecule has 6 heteroatoms. The van der Waals surface area contributed by atoms with Gasteiger partial charge in [-0.05, 0) is 42.3 Å². The second-order valence-corrected chi connectivity index (χ2v) is 6.46. The SMILES string of the molecule is Cc1ccccc1CNc1cnc(C(=O)Nc2ccc(N(C)C)cc2)cn1. The number of carbonyl (C=O) groups excluding carboxylic acids is 1. The minimum Gasteiger partial charge on any atom is -0.378 e. The van der Waals surface area contributed by atoms with Crippen LogP contribution < -0.4 is 15.5 Å². The maximum atomic E-state index is 12.3. The van der Waals surface area contributed by atoms with Crippen LogP contribution in [0.1, 0.15) is 21.6 Å². The molecule has 6 nitrogen and oxygen atoms in total. The molecule has 3 aromatic rings. The molecule has 0 saturated carbocycles. The van der Waals surface area contributed by atoms with Crippen molar-refractivity contribution in [3.8, 4) is 0 Å². The van der Waals surface area contributed by atoms with Crippen molar-refractivity contribution in [2.24, 2.45) is 0 Å². The van der Waals surface area contributed by atoms with Gasteiger partial charge in [0.05, 0.1) is 12.4 Å². The zero-order valence-electron chi connectivity index (χ0n) is 15.7. The summed E-state index contributed by atoms with van der Waals surface area (Å²) >= 11 is 0. The second kappa shape index (κ2) is 8.31. The van der Waals surface area contributed by atoms with E-state index >= 15 is 0 Å². The number of benzene rings is 2. The Morgan fingerprint density at radius 3 is 2.37 bits per heavy atom. The molecule has 0 aliphatic heterocycles. The highest BCUT2D eigenvalue weighted by atomic mass is 16.1. The van der Waals surface area contributed by atoms with E-state index in [-0.39, 0.29) is 11.6 Å². The Balaban J connectivity index is 1.59. The molecule has 1 heterocycles. The molecule has 2 aromatic carbocycles. The van der Waals surface area contributed by atoms with Crippen molar-refractivity contribution in [1.29, 1.82) is 0 Å². The van der Waals surface area contributed by atoms with Gasteiger partial charge in [-0.1, -0.05) is 24.3 Å². The summed E-state index contributed by atoms with van der Waals surface area (Å²) in [6.07, 6.45) is 3.05. The largest absolute Gasteiger partial charge is 0.378 e. The Morgan fingerprint density at radius 2 is 1.74 bits per heavy atom. The lowest BCUT2D eigenvalue weighted by atomic mass is 10.1. The lowest BCUT2D eigenvalue weighted by Crippen LogP contribution is -2.15. The van der Waals surface area contributed by atoms with Crippen molar-refractivity contribution in [2.45, 2.75) is 13.5 Å². The maximum absolute atomic E-state index is 12.3. The zero-order valence-corrected chi connectivity index (χ0v) is 15.7. The number of amides is 1. The van der Waals surface area contributed by atoms with Crippen LogP contribution in [0.5, 0.6) is 0 Å². The minimum atomic E-state index is -0.287. The Morgan fingerprint density at radius 1 is 1.00 bits per heavy atom. The summed E-state index contributed by atoms with van der Waals surface area (Å²) in [7, 11) is 3.94. The van der Waals surface area contributed by atoms with Gasteiger partial charge in [0.15, 0.2) is 0 Å². The Labute approximate surface area is 159 Å². The fraction of sp³-hybridized carbons (Fsp3) is 0.190. The predicted octanol–water partition coefficient (Wildman–Crippen LogP) is 3.72. The highest BCUT2D eigenvalue weighted by molar-refractivity contribution is 6.02. The monoisotopic (exact) mass is 361 g/mol. The molecule has 2 N–H and O–H groups in total. The van der Waals surface area contributed by atoms with Gasteiger partial charge in [0.2, 0.25) is 0 Å². The van der Waals surface area contributed by atoms with Crippen LogP contribution in [0.3, 0.4) is 0 Å². The lowest BCUT2D eigenvalue weighted by molar-refractivity contribution is 0.102. The van der Waals surface area contributed by atoms with Crippen molar-refractivity contribution < 1.29 is 4.79 Å². The van der Waals surface area contributed by atoms with Crippen LogP contribution in [0, 0.1) is 6.92 Å². The molecular formula is C21H23N5O. The van der Waals surface area contributed by atoms with Crippen LogP contribution in [0.4, 0.5) is 17.2 Å². The van der Waals surface area contributed by atoms with Crippen LogP contribution in [0.2, 0.25) is 0 Å². The van der Waals surface area contributed by atoms with E-state index in [0.29, 0.717) is 18.1 Å². The van der Waals surface area contributed by atoms with Crippen molar-refractivity contribution in [1.82, 2.24) is 9.97 Å². The summed E-state index contributed by atoms with van der Waals surface area (Å²) in [5.41, 5.74) is 4.47. The maximum Gasteiger partial charge on any atom is 0.275 e. The first-order chi connectivity index (χ1) is 13.0. The van der Waals surface area contributed by atoms with Crippen LogP contribution in [0.15, 0.2) is 60.9 Å². The number of hydrogen-bond acceptors (Lipinski definition) is 5. The summed E-state index contributed by atoms with van der Waals surface area (Å²) in [5.74, 6) is 0.343. The van der Waals surface area contributed by atoms with E-state index in [1.165, 1.54) is 17.3 Å². The third-order valence-electron chi connectivity index (χ3n) is 4.25. The van der Waals surface area contributed by atoms with E-state index in [1.54, 1.807) is 6.20 Å². The third-order valence-corrected chi connectivity index (χ3v) is 4.25. The van der Waals surface area contributed by atoms with E-state index in [1.807, 2.05) is 55.4 Å². The molecule has 0 saturated heterocycles. The topological polar surface area (TPSA) is 70.2 Å². The highest BCUT2D eigenvalue weighted by Crippen LogP contribution is 2.16. The second-order valence-electron chi connectivity index (χ2n) is 6.46. The molecule has 0 atom stereocenters. The molecule has 0 bridgehead atoms. The van der Waals surface area contributed by atoms with Gasteiger partial charge in [0, 0.05) is 32.0 Å². The van der Waals surface area contributed by atoms with Crippen molar-refractivity contribution in [3.05, 3.63) is 77.7 Å². The van der Waals surface area contributed by atoms with Crippen LogP contribution in [0.25, 0.3) is 0 Å². The highest BCUT2D eigenvalue weighted by Gasteiger charge is 2.09. The molecule has 0 aliphatic rings. The molecule has 0 spiro atoms. The van der Waals surface area contributed by atoms with E-state index in [9.17, 15) is 4.79 Å². The van der Waals surface area contributed by atoms with Crippen LogP contribution in [-0.4, -0.2) is 30.0 Å². The Hall–Kier alpha value is -3.41. The first-order valence-electron chi connectivity index (χ1n) is 8.72. The number of aromatic nitrogens is 2. The standard InChI is InChI=1S/C21H23N5O/c1-15-6-4-5-7-16(15)12-23-20-14-22-19(13-24-20)21(27)25-17-8-10-18(11-9-17)26(2)3/h4-11,13-14H,12H2,1-3H3,(H,23,24)(H,25,27). The lowest BCUT2D eigenvalue weighted by Gasteiger charge is -2.13. The van der Waals surface area contributed by atoms with Crippen molar-refractivity contribution >= 4 is 23.1 Å². The molecule has 27 heavy (non-hydrogen) atoms. The summed E-state index contributed by atoms with van der Waals surface area (Å²) in [6.45, 7) is 2.73. The number of aryl methyl sites for hydroxylation is 1. The van der Waals surface area contributed by atoms with Crippen LogP contribution >= 0.6 is 0 Å². The first kappa shape index (κ1) is 18.4. The Bertz CT molecular complexity index is 905. The molecule has 0 fully saturated rings. The van der Waals surface area contributed by atoms with Gasteiger partial charge in [-0.15, -0.1) is 0 Å².